The van der Waals surface area contributed by atoms with Crippen molar-refractivity contribution in [1.29, 1.82) is 0 Å². The molecule has 1 unspecified atom stereocenters. The smallest absolute Gasteiger partial charge is 0.271 e. The Hall–Kier alpha value is -3.97. The predicted octanol–water partition coefficient (Wildman–Crippen LogP) is 4.59. The van der Waals surface area contributed by atoms with Crippen molar-refractivity contribution in [3.63, 3.8) is 0 Å². The van der Waals surface area contributed by atoms with Crippen LogP contribution in [0.4, 0.5) is 5.69 Å². The van der Waals surface area contributed by atoms with Gasteiger partial charge in [0.2, 0.25) is 0 Å². The summed E-state index contributed by atoms with van der Waals surface area (Å²) in [5.74, 6) is 0.680. The van der Waals surface area contributed by atoms with Gasteiger partial charge in [-0.3, -0.25) is 14.2 Å². The van der Waals surface area contributed by atoms with E-state index in [9.17, 15) is 9.59 Å². The lowest BCUT2D eigenvalue weighted by Crippen LogP contribution is -2.40. The third-order valence-electron chi connectivity index (χ3n) is 6.03. The van der Waals surface area contributed by atoms with Crippen molar-refractivity contribution in [1.82, 2.24) is 4.57 Å². The van der Waals surface area contributed by atoms with Gasteiger partial charge in [0.05, 0.1) is 28.1 Å². The van der Waals surface area contributed by atoms with Gasteiger partial charge >= 0.3 is 0 Å². The summed E-state index contributed by atoms with van der Waals surface area (Å²) in [5.41, 5.74) is 3.55. The molecule has 1 aliphatic heterocycles. The fourth-order valence-electron chi connectivity index (χ4n) is 4.21. The molecule has 1 aliphatic rings. The van der Waals surface area contributed by atoms with Gasteiger partial charge in [-0.15, -0.1) is 0 Å². The van der Waals surface area contributed by atoms with Gasteiger partial charge in [0.1, 0.15) is 5.76 Å². The summed E-state index contributed by atoms with van der Waals surface area (Å²) in [6.45, 7) is 6.09. The highest BCUT2D eigenvalue weighted by Gasteiger charge is 2.32. The van der Waals surface area contributed by atoms with Crippen LogP contribution in [0, 0.1) is 0 Å². The maximum absolute atomic E-state index is 13.6. The molecule has 1 amide bonds. The molecule has 0 radical (unpaired) electrons. The fourth-order valence-corrected chi connectivity index (χ4v) is 5.24. The topological polar surface area (TPSA) is 76.6 Å². The van der Waals surface area contributed by atoms with Crippen LogP contribution in [0.5, 0.6) is 0 Å². The quantitative estimate of drug-likeness (QED) is 0.451. The van der Waals surface area contributed by atoms with Crippen LogP contribution in [-0.2, 0) is 4.79 Å². The highest BCUT2D eigenvalue weighted by molar-refractivity contribution is 7.07. The van der Waals surface area contributed by atoms with Crippen molar-refractivity contribution in [2.24, 2.45) is 4.99 Å². The molecule has 7 heteroatoms. The number of para-hydroxylation sites is 1. The summed E-state index contributed by atoms with van der Waals surface area (Å²) in [6, 6.07) is 20.4. The number of benzene rings is 2. The standard InChI is InChI=1S/C28H25N3O3S/c1-17(2)19-11-13-20(14-12-19)25-24(26(32)30-21-8-5-4-6-9-21)18(3)29-28-31(25)27(33)23(35-28)16-22-10-7-15-34-22/h4-17,25H,1-3H3,(H,30,32)/b23-16+. The second-order valence-corrected chi connectivity index (χ2v) is 9.75. The van der Waals surface area contributed by atoms with E-state index in [-0.39, 0.29) is 11.5 Å². The van der Waals surface area contributed by atoms with Gasteiger partial charge in [0, 0.05) is 11.8 Å². The summed E-state index contributed by atoms with van der Waals surface area (Å²) >= 11 is 1.29. The lowest BCUT2D eigenvalue weighted by atomic mass is 9.93. The summed E-state index contributed by atoms with van der Waals surface area (Å²) < 4.78 is 7.54. The number of carbonyl (C=O) groups is 1. The summed E-state index contributed by atoms with van der Waals surface area (Å²) in [6.07, 6.45) is 3.28. The largest absolute Gasteiger partial charge is 0.465 e. The second-order valence-electron chi connectivity index (χ2n) is 8.74. The Kier molecular flexibility index (Phi) is 6.09. The van der Waals surface area contributed by atoms with E-state index in [2.05, 4.69) is 36.3 Å². The number of aromatic nitrogens is 1. The van der Waals surface area contributed by atoms with E-state index in [0.29, 0.717) is 38.0 Å². The summed E-state index contributed by atoms with van der Waals surface area (Å²) in [4.78, 5) is 32.4. The molecule has 4 aromatic rings. The highest BCUT2D eigenvalue weighted by atomic mass is 32.1. The number of hydrogen-bond donors (Lipinski definition) is 1. The van der Waals surface area contributed by atoms with Crippen LogP contribution >= 0.6 is 11.3 Å². The minimum atomic E-state index is -0.602. The molecule has 0 saturated heterocycles. The Bertz CT molecular complexity index is 1580. The number of fused-ring (bicyclic) bond motifs is 1. The first-order chi connectivity index (χ1) is 16.9. The third-order valence-corrected chi connectivity index (χ3v) is 7.02. The monoisotopic (exact) mass is 483 g/mol. The predicted molar refractivity (Wildman–Crippen MR) is 138 cm³/mol. The number of rotatable bonds is 5. The van der Waals surface area contributed by atoms with Crippen LogP contribution in [0.25, 0.3) is 6.08 Å². The Labute approximate surface area is 206 Å². The van der Waals surface area contributed by atoms with Crippen LogP contribution in [0.1, 0.15) is 49.6 Å². The van der Waals surface area contributed by atoms with Crippen LogP contribution in [0.3, 0.4) is 0 Å². The zero-order chi connectivity index (χ0) is 24.5. The molecule has 0 fully saturated rings. The van der Waals surface area contributed by atoms with Gasteiger partial charge in [0.15, 0.2) is 4.80 Å². The number of amides is 1. The van der Waals surface area contributed by atoms with Crippen molar-refractivity contribution >= 4 is 29.0 Å². The number of anilines is 1. The van der Waals surface area contributed by atoms with Crippen molar-refractivity contribution in [2.75, 3.05) is 5.32 Å². The first-order valence-electron chi connectivity index (χ1n) is 11.4. The van der Waals surface area contributed by atoms with E-state index < -0.39 is 6.04 Å². The SMILES string of the molecule is CC1=C(C(=O)Nc2ccccc2)C(c2ccc(C(C)C)cc2)n2c(s/c(=C/c3ccco3)c2=O)=N1. The van der Waals surface area contributed by atoms with Gasteiger partial charge in [-0.2, -0.15) is 0 Å². The molecule has 3 heterocycles. The molecular formula is C28H25N3O3S. The Balaban J connectivity index is 1.67. The molecule has 0 saturated carbocycles. The zero-order valence-electron chi connectivity index (χ0n) is 19.7. The molecule has 176 valence electrons. The molecule has 35 heavy (non-hydrogen) atoms. The molecule has 1 N–H and O–H groups in total. The van der Waals surface area contributed by atoms with E-state index in [1.165, 1.54) is 16.9 Å². The maximum atomic E-state index is 13.6. The Morgan fingerprint density at radius 2 is 1.83 bits per heavy atom. The molecule has 0 bridgehead atoms. The van der Waals surface area contributed by atoms with E-state index in [1.54, 1.807) is 29.0 Å². The minimum Gasteiger partial charge on any atom is -0.465 e. The molecule has 6 nitrogen and oxygen atoms in total. The van der Waals surface area contributed by atoms with Gasteiger partial charge in [-0.1, -0.05) is 67.6 Å². The van der Waals surface area contributed by atoms with Crippen LogP contribution in [-0.4, -0.2) is 10.5 Å². The average Bonchev–Trinajstić information content (AvgIpc) is 3.47. The van der Waals surface area contributed by atoms with E-state index in [1.807, 2.05) is 49.4 Å². The first kappa shape index (κ1) is 22.8. The van der Waals surface area contributed by atoms with Gasteiger partial charge in [-0.25, -0.2) is 4.99 Å². The van der Waals surface area contributed by atoms with Crippen molar-refractivity contribution in [3.8, 4) is 0 Å². The highest BCUT2D eigenvalue weighted by Crippen LogP contribution is 2.31. The van der Waals surface area contributed by atoms with Gasteiger partial charge < -0.3 is 9.73 Å². The number of hydrogen-bond acceptors (Lipinski definition) is 5. The molecular weight excluding hydrogens is 458 g/mol. The molecule has 1 atom stereocenters. The maximum Gasteiger partial charge on any atom is 0.271 e. The van der Waals surface area contributed by atoms with E-state index in [0.717, 1.165) is 5.56 Å². The van der Waals surface area contributed by atoms with Crippen molar-refractivity contribution in [2.45, 2.75) is 32.7 Å². The number of carbonyl (C=O) groups excluding carboxylic acids is 1. The van der Waals surface area contributed by atoms with Gasteiger partial charge in [0.25, 0.3) is 11.5 Å². The minimum absolute atomic E-state index is 0.208. The zero-order valence-corrected chi connectivity index (χ0v) is 20.5. The van der Waals surface area contributed by atoms with Crippen LogP contribution in [0.15, 0.2) is 98.5 Å². The summed E-state index contributed by atoms with van der Waals surface area (Å²) in [7, 11) is 0. The fraction of sp³-hybridized carbons (Fsp3) is 0.179. The lowest BCUT2D eigenvalue weighted by Gasteiger charge is -2.25. The molecule has 2 aromatic carbocycles. The number of nitrogens with one attached hydrogen (secondary N) is 1. The van der Waals surface area contributed by atoms with Crippen LogP contribution in [0.2, 0.25) is 0 Å². The Morgan fingerprint density at radius 3 is 2.49 bits per heavy atom. The molecule has 5 rings (SSSR count). The summed E-state index contributed by atoms with van der Waals surface area (Å²) in [5, 5.41) is 2.97. The van der Waals surface area contributed by atoms with Crippen molar-refractivity contribution < 1.29 is 9.21 Å². The van der Waals surface area contributed by atoms with Crippen LogP contribution < -0.4 is 20.2 Å². The van der Waals surface area contributed by atoms with E-state index >= 15 is 0 Å². The second kappa shape index (κ2) is 9.35. The number of thiazole rings is 1. The van der Waals surface area contributed by atoms with E-state index in [4.69, 9.17) is 4.42 Å². The van der Waals surface area contributed by atoms with Crippen molar-refractivity contribution in [3.05, 3.63) is 121 Å². The number of allylic oxidation sites excluding steroid dienone is 1. The average molecular weight is 484 g/mol. The van der Waals surface area contributed by atoms with Gasteiger partial charge in [-0.05, 0) is 48.2 Å². The molecule has 2 aromatic heterocycles. The molecule has 0 aliphatic carbocycles. The first-order valence-corrected chi connectivity index (χ1v) is 12.3. The number of furan rings is 1. The lowest BCUT2D eigenvalue weighted by molar-refractivity contribution is -0.113. The normalized spacial score (nSPS) is 15.8. The number of nitrogens with zero attached hydrogens (tertiary/aromatic N) is 2. The molecule has 0 spiro atoms. The third kappa shape index (κ3) is 4.42. The Morgan fingerprint density at radius 1 is 1.09 bits per heavy atom.